The average molecular weight is 486 g/mol. The quantitative estimate of drug-likeness (QED) is 0.359. The first-order chi connectivity index (χ1) is 15.9. The first kappa shape index (κ1) is 24.4. The van der Waals surface area contributed by atoms with Crippen LogP contribution in [0.1, 0.15) is 43.8 Å². The lowest BCUT2D eigenvalue weighted by molar-refractivity contribution is -0.191. The van der Waals surface area contributed by atoms with Crippen molar-refractivity contribution in [3.05, 3.63) is 48.5 Å². The van der Waals surface area contributed by atoms with Crippen molar-refractivity contribution in [2.45, 2.75) is 63.4 Å². The summed E-state index contributed by atoms with van der Waals surface area (Å²) in [7, 11) is -2.37. The highest BCUT2D eigenvalue weighted by Gasteiger charge is 2.54. The number of hydrogen-bond acceptors (Lipinski definition) is 8. The number of carbonyl (C=O) groups excluding carboxylic acids is 1. The SMILES string of the molecule is CC(C)(C)[Si](C)(C)O[C@]1(O)C[C@H](n2cnc3c(NC(=O)c4ccccc4)ncnc32)O[C@@H]1CO. The summed E-state index contributed by atoms with van der Waals surface area (Å²) >= 11 is 0. The Hall–Kier alpha value is -2.70. The number of benzene rings is 1. The summed E-state index contributed by atoms with van der Waals surface area (Å²) in [6.45, 7) is 9.91. The summed E-state index contributed by atoms with van der Waals surface area (Å²) in [5, 5.41) is 24.0. The van der Waals surface area contributed by atoms with E-state index in [2.05, 4.69) is 41.0 Å². The number of aliphatic hydroxyl groups is 2. The second kappa shape index (κ2) is 8.82. The minimum Gasteiger partial charge on any atom is -0.393 e. The van der Waals surface area contributed by atoms with Gasteiger partial charge in [-0.05, 0) is 30.3 Å². The van der Waals surface area contributed by atoms with Crippen LogP contribution in [-0.4, -0.2) is 62.5 Å². The van der Waals surface area contributed by atoms with Crippen molar-refractivity contribution in [2.75, 3.05) is 11.9 Å². The number of hydrogen-bond donors (Lipinski definition) is 3. The Kier molecular flexibility index (Phi) is 6.34. The number of nitrogens with one attached hydrogen (secondary N) is 1. The molecule has 0 unspecified atom stereocenters. The second-order valence-corrected chi connectivity index (χ2v) is 14.8. The lowest BCUT2D eigenvalue weighted by atomic mass is 10.1. The maximum atomic E-state index is 12.6. The number of aliphatic hydroxyl groups excluding tert-OH is 1. The van der Waals surface area contributed by atoms with Gasteiger partial charge in [0.15, 0.2) is 31.1 Å². The first-order valence-corrected chi connectivity index (χ1v) is 14.1. The topological polar surface area (TPSA) is 132 Å². The lowest BCUT2D eigenvalue weighted by Crippen LogP contribution is -2.54. The molecular formula is C23H31N5O5Si. The minimum absolute atomic E-state index is 0.0892. The predicted molar refractivity (Wildman–Crippen MR) is 129 cm³/mol. The Bertz CT molecular complexity index is 1180. The largest absolute Gasteiger partial charge is 0.393 e. The van der Waals surface area contributed by atoms with Gasteiger partial charge < -0.3 is 24.7 Å². The third kappa shape index (κ3) is 4.49. The maximum absolute atomic E-state index is 12.6. The number of carbonyl (C=O) groups is 1. The van der Waals surface area contributed by atoms with Gasteiger partial charge in [-0.15, -0.1) is 0 Å². The van der Waals surface area contributed by atoms with E-state index >= 15 is 0 Å². The van der Waals surface area contributed by atoms with Crippen LogP contribution in [0.25, 0.3) is 11.2 Å². The van der Waals surface area contributed by atoms with Gasteiger partial charge in [0, 0.05) is 12.0 Å². The zero-order valence-corrected chi connectivity index (χ0v) is 21.0. The number of anilines is 1. The molecule has 1 aliphatic heterocycles. The molecule has 3 heterocycles. The fourth-order valence-electron chi connectivity index (χ4n) is 3.70. The first-order valence-electron chi connectivity index (χ1n) is 11.2. The van der Waals surface area contributed by atoms with E-state index in [4.69, 9.17) is 9.16 Å². The molecule has 0 spiro atoms. The Morgan fingerprint density at radius 1 is 1.26 bits per heavy atom. The summed E-state index contributed by atoms with van der Waals surface area (Å²) in [6.07, 6.45) is 1.34. The molecule has 0 saturated carbocycles. The number of ether oxygens (including phenoxy) is 1. The van der Waals surface area contributed by atoms with Crippen molar-refractivity contribution in [3.63, 3.8) is 0 Å². The Morgan fingerprint density at radius 2 is 1.97 bits per heavy atom. The zero-order valence-electron chi connectivity index (χ0n) is 20.0. The smallest absolute Gasteiger partial charge is 0.256 e. The molecule has 3 atom stereocenters. The molecule has 0 radical (unpaired) electrons. The molecule has 34 heavy (non-hydrogen) atoms. The highest BCUT2D eigenvalue weighted by molar-refractivity contribution is 6.74. The van der Waals surface area contributed by atoms with Crippen LogP contribution in [0.5, 0.6) is 0 Å². The fourth-order valence-corrected chi connectivity index (χ4v) is 5.11. The third-order valence-corrected chi connectivity index (χ3v) is 11.1. The van der Waals surface area contributed by atoms with Gasteiger partial charge in [-0.1, -0.05) is 39.0 Å². The van der Waals surface area contributed by atoms with Crippen molar-refractivity contribution >= 4 is 31.2 Å². The summed E-state index contributed by atoms with van der Waals surface area (Å²) in [6, 6.07) is 8.80. The number of aromatic nitrogens is 4. The molecule has 1 aliphatic rings. The molecule has 4 rings (SSSR count). The van der Waals surface area contributed by atoms with E-state index in [1.807, 2.05) is 19.2 Å². The van der Waals surface area contributed by atoms with Crippen LogP contribution in [0.2, 0.25) is 18.1 Å². The third-order valence-electron chi connectivity index (χ3n) is 6.63. The number of amides is 1. The van der Waals surface area contributed by atoms with E-state index in [1.165, 1.54) is 12.7 Å². The number of imidazole rings is 1. The van der Waals surface area contributed by atoms with E-state index in [1.54, 1.807) is 28.8 Å². The van der Waals surface area contributed by atoms with Crippen LogP contribution in [0.4, 0.5) is 5.82 Å². The fraction of sp³-hybridized carbons (Fsp3) is 0.478. The molecule has 1 amide bonds. The van der Waals surface area contributed by atoms with Crippen LogP contribution in [0.3, 0.4) is 0 Å². The van der Waals surface area contributed by atoms with Gasteiger partial charge in [0.25, 0.3) is 5.91 Å². The van der Waals surface area contributed by atoms with Crippen LogP contribution in [0, 0.1) is 0 Å². The number of nitrogens with zero attached hydrogens (tertiary/aromatic N) is 4. The molecule has 11 heteroatoms. The molecule has 1 aromatic carbocycles. The summed E-state index contributed by atoms with van der Waals surface area (Å²) < 4.78 is 14.0. The second-order valence-electron chi connectivity index (χ2n) is 10.0. The zero-order chi connectivity index (χ0) is 24.7. The molecule has 1 saturated heterocycles. The van der Waals surface area contributed by atoms with E-state index in [0.29, 0.717) is 16.7 Å². The molecule has 1 fully saturated rings. The van der Waals surface area contributed by atoms with Gasteiger partial charge in [-0.2, -0.15) is 0 Å². The molecule has 0 bridgehead atoms. The molecule has 10 nitrogen and oxygen atoms in total. The Morgan fingerprint density at radius 3 is 2.62 bits per heavy atom. The predicted octanol–water partition coefficient (Wildman–Crippen LogP) is 3.07. The van der Waals surface area contributed by atoms with Crippen molar-refractivity contribution in [3.8, 4) is 0 Å². The number of fused-ring (bicyclic) bond motifs is 1. The van der Waals surface area contributed by atoms with E-state index in [9.17, 15) is 15.0 Å². The van der Waals surface area contributed by atoms with Crippen LogP contribution < -0.4 is 5.32 Å². The molecule has 3 N–H and O–H groups in total. The summed E-state index contributed by atoms with van der Waals surface area (Å²) in [4.78, 5) is 25.5. The van der Waals surface area contributed by atoms with Gasteiger partial charge in [0.1, 0.15) is 18.7 Å². The van der Waals surface area contributed by atoms with E-state index in [0.717, 1.165) is 0 Å². The van der Waals surface area contributed by atoms with Crippen molar-refractivity contribution < 1.29 is 24.2 Å². The molecular weight excluding hydrogens is 454 g/mol. The highest BCUT2D eigenvalue weighted by atomic mass is 28.4. The van der Waals surface area contributed by atoms with Gasteiger partial charge >= 0.3 is 0 Å². The van der Waals surface area contributed by atoms with Gasteiger partial charge in [0.2, 0.25) is 0 Å². The summed E-state index contributed by atoms with van der Waals surface area (Å²) in [5.41, 5.74) is 1.31. The van der Waals surface area contributed by atoms with Gasteiger partial charge in [-0.3, -0.25) is 9.36 Å². The lowest BCUT2D eigenvalue weighted by Gasteiger charge is -2.42. The van der Waals surface area contributed by atoms with Crippen LogP contribution in [0.15, 0.2) is 43.0 Å². The summed E-state index contributed by atoms with van der Waals surface area (Å²) in [5.74, 6) is -1.71. The monoisotopic (exact) mass is 485 g/mol. The van der Waals surface area contributed by atoms with Crippen molar-refractivity contribution in [1.29, 1.82) is 0 Å². The van der Waals surface area contributed by atoms with Gasteiger partial charge in [-0.25, -0.2) is 15.0 Å². The molecule has 2 aromatic heterocycles. The average Bonchev–Trinajstić information content (AvgIpc) is 3.34. The van der Waals surface area contributed by atoms with Crippen LogP contribution >= 0.6 is 0 Å². The van der Waals surface area contributed by atoms with Gasteiger partial charge in [0.05, 0.1) is 12.9 Å². The van der Waals surface area contributed by atoms with E-state index < -0.39 is 33.0 Å². The Balaban J connectivity index is 1.61. The molecule has 0 aliphatic carbocycles. The molecule has 3 aromatic rings. The highest BCUT2D eigenvalue weighted by Crippen LogP contribution is 2.45. The maximum Gasteiger partial charge on any atom is 0.256 e. The standard InChI is InChI=1S/C23H31N5O5Si/c1-22(2,3)34(4,5)33-23(31)11-17(32-16(23)12-29)28-14-26-18-19(24-13-25-20(18)28)27-21(30)15-9-7-6-8-10-15/h6-10,13-14,16-17,29,31H,11-12H2,1-5H3,(H,24,25,27,30)/t16-,17-,23-/m1/s1. The van der Waals surface area contributed by atoms with Crippen molar-refractivity contribution in [2.24, 2.45) is 0 Å². The molecule has 182 valence electrons. The van der Waals surface area contributed by atoms with E-state index in [-0.39, 0.29) is 23.2 Å². The van der Waals surface area contributed by atoms with Crippen LogP contribution in [-0.2, 0) is 9.16 Å². The minimum atomic E-state index is -2.37. The number of rotatable bonds is 6. The van der Waals surface area contributed by atoms with Crippen molar-refractivity contribution in [1.82, 2.24) is 19.5 Å². The normalized spacial score (nSPS) is 23.4. The Labute approximate surface area is 199 Å².